The molecule has 128 valence electrons. The van der Waals surface area contributed by atoms with Crippen molar-refractivity contribution in [3.63, 3.8) is 0 Å². The van der Waals surface area contributed by atoms with E-state index >= 15 is 0 Å². The van der Waals surface area contributed by atoms with E-state index in [0.29, 0.717) is 5.92 Å². The maximum atomic E-state index is 4.56. The molecule has 4 heterocycles. The molecule has 0 unspecified atom stereocenters. The Balaban J connectivity index is 1.48. The lowest BCUT2D eigenvalue weighted by molar-refractivity contribution is 0.317. The molecular formula is C18H26N6. The van der Waals surface area contributed by atoms with Gasteiger partial charge in [-0.25, -0.2) is 0 Å². The van der Waals surface area contributed by atoms with Gasteiger partial charge in [0, 0.05) is 44.1 Å². The van der Waals surface area contributed by atoms with Gasteiger partial charge in [0.2, 0.25) is 0 Å². The second kappa shape index (κ2) is 6.89. The Morgan fingerprint density at radius 1 is 1.04 bits per heavy atom. The van der Waals surface area contributed by atoms with Crippen LogP contribution < -0.4 is 4.90 Å². The highest BCUT2D eigenvalue weighted by Crippen LogP contribution is 2.29. The molecule has 2 aromatic rings. The van der Waals surface area contributed by atoms with Crippen LogP contribution >= 0.6 is 0 Å². The Bertz CT molecular complexity index is 661. The van der Waals surface area contributed by atoms with Gasteiger partial charge in [-0.3, -0.25) is 9.88 Å². The lowest BCUT2D eigenvalue weighted by atomic mass is 9.96. The van der Waals surface area contributed by atoms with E-state index in [-0.39, 0.29) is 0 Å². The maximum Gasteiger partial charge on any atom is 0.146 e. The topological polar surface area (TPSA) is 50.1 Å². The van der Waals surface area contributed by atoms with Gasteiger partial charge in [0.15, 0.2) is 0 Å². The van der Waals surface area contributed by atoms with Crippen LogP contribution in [0.2, 0.25) is 0 Å². The summed E-state index contributed by atoms with van der Waals surface area (Å²) in [5, 5.41) is 9.05. The molecule has 24 heavy (non-hydrogen) atoms. The van der Waals surface area contributed by atoms with E-state index in [2.05, 4.69) is 48.7 Å². The molecule has 2 aliphatic heterocycles. The van der Waals surface area contributed by atoms with E-state index in [1.165, 1.54) is 44.5 Å². The van der Waals surface area contributed by atoms with Crippen LogP contribution in [0.1, 0.15) is 43.3 Å². The molecule has 0 N–H and O–H groups in total. The highest BCUT2D eigenvalue weighted by Gasteiger charge is 2.26. The molecule has 0 saturated carbocycles. The molecule has 0 radical (unpaired) electrons. The summed E-state index contributed by atoms with van der Waals surface area (Å²) < 4.78 is 2.24. The van der Waals surface area contributed by atoms with Crippen molar-refractivity contribution < 1.29 is 0 Å². The average molecular weight is 326 g/mol. The van der Waals surface area contributed by atoms with Crippen LogP contribution in [-0.4, -0.2) is 50.8 Å². The molecule has 6 heteroatoms. The summed E-state index contributed by atoms with van der Waals surface area (Å²) in [6, 6.07) is 4.19. The monoisotopic (exact) mass is 326 g/mol. The first-order chi connectivity index (χ1) is 11.8. The first kappa shape index (κ1) is 15.6. The van der Waals surface area contributed by atoms with Gasteiger partial charge in [0.25, 0.3) is 0 Å². The predicted molar refractivity (Wildman–Crippen MR) is 93.9 cm³/mol. The van der Waals surface area contributed by atoms with Crippen LogP contribution in [0, 0.1) is 0 Å². The summed E-state index contributed by atoms with van der Waals surface area (Å²) in [6.45, 7) is 5.45. The SMILES string of the molecule is Cn1c(CN2CCCC2)nnc1[C@@H]1CCCN(c2ccncc2)C1. The second-order valence-electron chi connectivity index (χ2n) is 7.01. The zero-order valence-corrected chi connectivity index (χ0v) is 14.4. The van der Waals surface area contributed by atoms with Crippen molar-refractivity contribution in [1.29, 1.82) is 0 Å². The van der Waals surface area contributed by atoms with E-state index < -0.39 is 0 Å². The number of anilines is 1. The van der Waals surface area contributed by atoms with Crippen LogP contribution in [0.25, 0.3) is 0 Å². The van der Waals surface area contributed by atoms with Gasteiger partial charge in [0.1, 0.15) is 11.6 Å². The minimum absolute atomic E-state index is 0.455. The van der Waals surface area contributed by atoms with Crippen LogP contribution in [0.15, 0.2) is 24.5 Å². The van der Waals surface area contributed by atoms with Crippen LogP contribution in [-0.2, 0) is 13.6 Å². The van der Waals surface area contributed by atoms with E-state index in [9.17, 15) is 0 Å². The molecule has 4 rings (SSSR count). The zero-order valence-electron chi connectivity index (χ0n) is 14.4. The molecule has 2 aromatic heterocycles. The second-order valence-corrected chi connectivity index (χ2v) is 7.01. The van der Waals surface area contributed by atoms with Crippen molar-refractivity contribution in [1.82, 2.24) is 24.6 Å². The number of aromatic nitrogens is 4. The number of nitrogens with zero attached hydrogens (tertiary/aromatic N) is 6. The third-order valence-corrected chi connectivity index (χ3v) is 5.38. The van der Waals surface area contributed by atoms with Crippen LogP contribution in [0.5, 0.6) is 0 Å². The number of pyridine rings is 1. The van der Waals surface area contributed by atoms with Crippen molar-refractivity contribution in [3.05, 3.63) is 36.2 Å². The standard InChI is InChI=1S/C18H26N6/c1-22-17(14-23-10-2-3-11-23)20-21-18(22)15-5-4-12-24(13-15)16-6-8-19-9-7-16/h6-9,15H,2-5,10-14H2,1H3/t15-/m1/s1. The molecule has 0 bridgehead atoms. The lowest BCUT2D eigenvalue weighted by Gasteiger charge is -2.33. The number of likely N-dealkylation sites (tertiary alicyclic amines) is 1. The quantitative estimate of drug-likeness (QED) is 0.862. The number of hydrogen-bond acceptors (Lipinski definition) is 5. The Hall–Kier alpha value is -1.95. The van der Waals surface area contributed by atoms with Crippen molar-refractivity contribution in [2.75, 3.05) is 31.1 Å². The van der Waals surface area contributed by atoms with Crippen molar-refractivity contribution in [2.24, 2.45) is 7.05 Å². The fraction of sp³-hybridized carbons (Fsp3) is 0.611. The molecule has 2 fully saturated rings. The molecule has 0 spiro atoms. The Labute approximate surface area is 143 Å². The van der Waals surface area contributed by atoms with Gasteiger partial charge in [0.05, 0.1) is 6.54 Å². The molecule has 2 saturated heterocycles. The van der Waals surface area contributed by atoms with Gasteiger partial charge in [-0.15, -0.1) is 10.2 Å². The summed E-state index contributed by atoms with van der Waals surface area (Å²) in [5.41, 5.74) is 1.26. The zero-order chi connectivity index (χ0) is 16.4. The highest BCUT2D eigenvalue weighted by atomic mass is 15.3. The lowest BCUT2D eigenvalue weighted by Crippen LogP contribution is -2.35. The summed E-state index contributed by atoms with van der Waals surface area (Å²) in [7, 11) is 2.13. The molecular weight excluding hydrogens is 300 g/mol. The minimum Gasteiger partial charge on any atom is -0.371 e. The first-order valence-corrected chi connectivity index (χ1v) is 9.07. The normalized spacial score (nSPS) is 22.2. The smallest absolute Gasteiger partial charge is 0.146 e. The number of hydrogen-bond donors (Lipinski definition) is 0. The van der Waals surface area contributed by atoms with Crippen LogP contribution in [0.4, 0.5) is 5.69 Å². The summed E-state index contributed by atoms with van der Waals surface area (Å²) in [5.74, 6) is 2.70. The molecule has 1 atom stereocenters. The van der Waals surface area contributed by atoms with E-state index in [1.807, 2.05) is 12.4 Å². The Kier molecular flexibility index (Phi) is 4.47. The van der Waals surface area contributed by atoms with Gasteiger partial charge >= 0.3 is 0 Å². The third-order valence-electron chi connectivity index (χ3n) is 5.38. The largest absolute Gasteiger partial charge is 0.371 e. The maximum absolute atomic E-state index is 4.56. The van der Waals surface area contributed by atoms with E-state index in [4.69, 9.17) is 0 Å². The van der Waals surface area contributed by atoms with Gasteiger partial charge in [-0.05, 0) is 50.9 Å². The fourth-order valence-corrected chi connectivity index (χ4v) is 3.99. The molecule has 6 nitrogen and oxygen atoms in total. The van der Waals surface area contributed by atoms with Gasteiger partial charge in [-0.1, -0.05) is 0 Å². The first-order valence-electron chi connectivity index (χ1n) is 9.07. The van der Waals surface area contributed by atoms with Crippen molar-refractivity contribution >= 4 is 5.69 Å². The molecule has 0 amide bonds. The number of piperidine rings is 1. The molecule has 0 aliphatic carbocycles. The summed E-state index contributed by atoms with van der Waals surface area (Å²) in [6.07, 6.45) is 8.76. The van der Waals surface area contributed by atoms with E-state index in [0.717, 1.165) is 31.3 Å². The predicted octanol–water partition coefficient (Wildman–Crippen LogP) is 2.19. The summed E-state index contributed by atoms with van der Waals surface area (Å²) in [4.78, 5) is 9.06. The molecule has 0 aromatic carbocycles. The summed E-state index contributed by atoms with van der Waals surface area (Å²) >= 11 is 0. The Morgan fingerprint density at radius 2 is 1.83 bits per heavy atom. The third kappa shape index (κ3) is 3.15. The van der Waals surface area contributed by atoms with E-state index in [1.54, 1.807) is 0 Å². The highest BCUT2D eigenvalue weighted by molar-refractivity contribution is 5.45. The average Bonchev–Trinajstić information content (AvgIpc) is 3.27. The van der Waals surface area contributed by atoms with Crippen molar-refractivity contribution in [3.8, 4) is 0 Å². The number of rotatable bonds is 4. The molecule has 2 aliphatic rings. The fourth-order valence-electron chi connectivity index (χ4n) is 3.99. The van der Waals surface area contributed by atoms with Gasteiger partial charge in [-0.2, -0.15) is 0 Å². The minimum atomic E-state index is 0.455. The Morgan fingerprint density at radius 3 is 2.62 bits per heavy atom. The van der Waals surface area contributed by atoms with Crippen molar-refractivity contribution in [2.45, 2.75) is 38.1 Å². The van der Waals surface area contributed by atoms with Gasteiger partial charge < -0.3 is 9.47 Å². The van der Waals surface area contributed by atoms with Crippen LogP contribution in [0.3, 0.4) is 0 Å².